The predicted octanol–water partition coefficient (Wildman–Crippen LogP) is 4.88. The second kappa shape index (κ2) is 10.1. The van der Waals surface area contributed by atoms with Gasteiger partial charge in [-0.15, -0.1) is 0 Å². The van der Waals surface area contributed by atoms with Crippen molar-refractivity contribution in [2.75, 3.05) is 0 Å². The number of ether oxygens (including phenoxy) is 1. The number of aryl methyl sites for hydroxylation is 1. The molecule has 3 N–H and O–H groups in total. The Kier molecular flexibility index (Phi) is 7.31. The molecule has 0 saturated carbocycles. The predicted molar refractivity (Wildman–Crippen MR) is 117 cm³/mol. The van der Waals surface area contributed by atoms with Gasteiger partial charge in [0.25, 0.3) is 0 Å². The molecular weight excluding hydrogens is 380 g/mol. The van der Waals surface area contributed by atoms with Gasteiger partial charge in [0.2, 0.25) is 0 Å². The van der Waals surface area contributed by atoms with Crippen molar-refractivity contribution in [1.82, 2.24) is 0 Å². The van der Waals surface area contributed by atoms with Gasteiger partial charge < -0.3 is 20.1 Å². The van der Waals surface area contributed by atoms with Crippen LogP contribution in [0, 0.1) is 0 Å². The van der Waals surface area contributed by atoms with Crippen molar-refractivity contribution in [2.24, 2.45) is 0 Å². The lowest BCUT2D eigenvalue weighted by Gasteiger charge is -2.11. The third-order valence-corrected chi connectivity index (χ3v) is 5.08. The van der Waals surface area contributed by atoms with Crippen LogP contribution in [0.2, 0.25) is 0 Å². The van der Waals surface area contributed by atoms with E-state index in [2.05, 4.69) is 0 Å². The van der Waals surface area contributed by atoms with E-state index in [1.54, 1.807) is 30.3 Å². The summed E-state index contributed by atoms with van der Waals surface area (Å²) in [5, 5.41) is 31.4. The number of carbonyl (C=O) groups is 1. The molecule has 3 aromatic rings. The van der Waals surface area contributed by atoms with Crippen molar-refractivity contribution in [3.8, 4) is 17.2 Å². The molecule has 0 aromatic heterocycles. The quantitative estimate of drug-likeness (QED) is 0.445. The van der Waals surface area contributed by atoms with Gasteiger partial charge in [-0.3, -0.25) is 4.79 Å². The molecule has 5 nitrogen and oxygen atoms in total. The summed E-state index contributed by atoms with van der Waals surface area (Å²) in [7, 11) is 0. The minimum absolute atomic E-state index is 0.0358. The fourth-order valence-electron chi connectivity index (χ4n) is 3.45. The molecule has 5 heteroatoms. The zero-order chi connectivity index (χ0) is 21.5. The summed E-state index contributed by atoms with van der Waals surface area (Å²) in [6, 6.07) is 16.1. The van der Waals surface area contributed by atoms with Gasteiger partial charge in [-0.1, -0.05) is 37.6 Å². The van der Waals surface area contributed by atoms with Gasteiger partial charge in [0.15, 0.2) is 11.5 Å². The summed E-state index contributed by atoms with van der Waals surface area (Å²) in [4.78, 5) is 12.0. The molecular formula is C25H28O5. The standard InChI is InChI=1S/C25H28O5/c1-2-3-21(26)15-23(28)9-5-17-6-11-24(29)25(13-17)30-16-18-4-7-20-14-22(27)10-8-19(20)12-18/h4,6-8,10-14,21,26-27,29H,2-3,5,9,15-16H2,1H3. The summed E-state index contributed by atoms with van der Waals surface area (Å²) < 4.78 is 5.82. The summed E-state index contributed by atoms with van der Waals surface area (Å²) in [6.45, 7) is 2.27. The maximum absolute atomic E-state index is 12.0. The van der Waals surface area contributed by atoms with E-state index in [1.165, 1.54) is 0 Å². The lowest BCUT2D eigenvalue weighted by molar-refractivity contribution is -0.121. The molecule has 30 heavy (non-hydrogen) atoms. The molecule has 0 fully saturated rings. The van der Waals surface area contributed by atoms with Crippen LogP contribution >= 0.6 is 0 Å². The highest BCUT2D eigenvalue weighted by Gasteiger charge is 2.11. The van der Waals surface area contributed by atoms with Crippen molar-refractivity contribution >= 4 is 16.6 Å². The molecule has 0 saturated heterocycles. The number of phenolic OH excluding ortho intramolecular Hbond substituents is 2. The highest BCUT2D eigenvalue weighted by atomic mass is 16.5. The Morgan fingerprint density at radius 2 is 1.70 bits per heavy atom. The monoisotopic (exact) mass is 408 g/mol. The number of benzene rings is 3. The van der Waals surface area contributed by atoms with Crippen LogP contribution in [-0.4, -0.2) is 27.2 Å². The number of phenols is 2. The van der Waals surface area contributed by atoms with Gasteiger partial charge >= 0.3 is 0 Å². The molecule has 158 valence electrons. The van der Waals surface area contributed by atoms with Crippen molar-refractivity contribution < 1.29 is 24.9 Å². The first-order valence-corrected chi connectivity index (χ1v) is 10.3. The smallest absolute Gasteiger partial charge is 0.161 e. The van der Waals surface area contributed by atoms with Crippen molar-refractivity contribution in [1.29, 1.82) is 0 Å². The Balaban J connectivity index is 1.60. The molecule has 0 aliphatic carbocycles. The minimum Gasteiger partial charge on any atom is -0.508 e. The zero-order valence-corrected chi connectivity index (χ0v) is 17.2. The van der Waals surface area contributed by atoms with E-state index in [-0.39, 0.29) is 30.3 Å². The summed E-state index contributed by atoms with van der Waals surface area (Å²) in [5.41, 5.74) is 1.84. The summed E-state index contributed by atoms with van der Waals surface area (Å²) >= 11 is 0. The van der Waals surface area contributed by atoms with Crippen LogP contribution in [0.1, 0.15) is 43.7 Å². The number of fused-ring (bicyclic) bond motifs is 1. The Bertz CT molecular complexity index is 1010. The third-order valence-electron chi connectivity index (χ3n) is 5.08. The molecule has 0 heterocycles. The van der Waals surface area contributed by atoms with Gasteiger partial charge in [0.05, 0.1) is 6.10 Å². The van der Waals surface area contributed by atoms with E-state index in [0.29, 0.717) is 25.0 Å². The first-order valence-electron chi connectivity index (χ1n) is 10.3. The van der Waals surface area contributed by atoms with Crippen LogP contribution in [0.3, 0.4) is 0 Å². The van der Waals surface area contributed by atoms with Gasteiger partial charge in [-0.05, 0) is 65.1 Å². The van der Waals surface area contributed by atoms with E-state index in [0.717, 1.165) is 28.3 Å². The molecule has 0 aliphatic heterocycles. The first-order chi connectivity index (χ1) is 14.4. The van der Waals surface area contributed by atoms with E-state index in [4.69, 9.17) is 4.74 Å². The lowest BCUT2D eigenvalue weighted by atomic mass is 10.0. The van der Waals surface area contributed by atoms with Crippen LogP contribution in [0.25, 0.3) is 10.8 Å². The number of rotatable bonds is 10. The Morgan fingerprint density at radius 1 is 0.967 bits per heavy atom. The Labute approximate surface area is 176 Å². The largest absolute Gasteiger partial charge is 0.508 e. The number of ketones is 1. The normalized spacial score (nSPS) is 12.1. The molecule has 3 aromatic carbocycles. The van der Waals surface area contributed by atoms with Crippen molar-refractivity contribution in [3.05, 3.63) is 65.7 Å². The van der Waals surface area contributed by atoms with Crippen LogP contribution in [0.4, 0.5) is 0 Å². The van der Waals surface area contributed by atoms with E-state index < -0.39 is 6.10 Å². The molecule has 3 rings (SSSR count). The maximum Gasteiger partial charge on any atom is 0.161 e. The van der Waals surface area contributed by atoms with E-state index >= 15 is 0 Å². The number of hydrogen-bond donors (Lipinski definition) is 3. The third kappa shape index (κ3) is 5.97. The Hall–Kier alpha value is -3.05. The molecule has 1 atom stereocenters. The van der Waals surface area contributed by atoms with Crippen LogP contribution in [0.5, 0.6) is 17.2 Å². The average Bonchev–Trinajstić information content (AvgIpc) is 2.72. The van der Waals surface area contributed by atoms with Crippen LogP contribution < -0.4 is 4.74 Å². The van der Waals surface area contributed by atoms with Crippen molar-refractivity contribution in [3.63, 3.8) is 0 Å². The van der Waals surface area contributed by atoms with Crippen LogP contribution in [0.15, 0.2) is 54.6 Å². The number of hydrogen-bond acceptors (Lipinski definition) is 5. The van der Waals surface area contributed by atoms with Gasteiger partial charge in [-0.2, -0.15) is 0 Å². The SMILES string of the molecule is CCCC(O)CC(=O)CCc1ccc(O)c(OCc2ccc3cc(O)ccc3c2)c1. The molecule has 0 spiro atoms. The zero-order valence-electron chi connectivity index (χ0n) is 17.2. The molecule has 0 bridgehead atoms. The molecule has 1 unspecified atom stereocenters. The molecule has 0 amide bonds. The number of aromatic hydroxyl groups is 2. The minimum atomic E-state index is -0.563. The summed E-state index contributed by atoms with van der Waals surface area (Å²) in [6.07, 6.45) is 2.00. The highest BCUT2D eigenvalue weighted by molar-refractivity contribution is 5.84. The van der Waals surface area contributed by atoms with E-state index in [1.807, 2.05) is 31.2 Å². The maximum atomic E-state index is 12.0. The molecule has 0 aliphatic rings. The fourth-order valence-corrected chi connectivity index (χ4v) is 3.45. The number of Topliss-reactive ketones (excluding diaryl/α,β-unsaturated/α-hetero) is 1. The topological polar surface area (TPSA) is 87.0 Å². The van der Waals surface area contributed by atoms with Gasteiger partial charge in [-0.25, -0.2) is 0 Å². The van der Waals surface area contributed by atoms with Gasteiger partial charge in [0.1, 0.15) is 18.1 Å². The van der Waals surface area contributed by atoms with Crippen molar-refractivity contribution in [2.45, 2.75) is 51.7 Å². The highest BCUT2D eigenvalue weighted by Crippen LogP contribution is 2.29. The second-order valence-corrected chi connectivity index (χ2v) is 7.64. The van der Waals surface area contributed by atoms with E-state index in [9.17, 15) is 20.1 Å². The number of carbonyl (C=O) groups excluding carboxylic acids is 1. The lowest BCUT2D eigenvalue weighted by Crippen LogP contribution is -2.13. The molecule has 0 radical (unpaired) electrons. The fraction of sp³-hybridized carbons (Fsp3) is 0.320. The van der Waals surface area contributed by atoms with Crippen LogP contribution in [-0.2, 0) is 17.8 Å². The first kappa shape index (κ1) is 21.7. The summed E-state index contributed by atoms with van der Waals surface area (Å²) in [5.74, 6) is 0.686. The number of aliphatic hydroxyl groups excluding tert-OH is 1. The average molecular weight is 408 g/mol. The second-order valence-electron chi connectivity index (χ2n) is 7.64. The Morgan fingerprint density at radius 3 is 2.50 bits per heavy atom. The van der Waals surface area contributed by atoms with Gasteiger partial charge in [0, 0.05) is 12.8 Å². The number of aliphatic hydroxyl groups is 1.